The van der Waals surface area contributed by atoms with Gasteiger partial charge in [0.05, 0.1) is 13.2 Å². The van der Waals surface area contributed by atoms with E-state index in [1.165, 1.54) is 173 Å². The standard InChI is InChI=1S/C89H165O25P/c1-5-9-13-17-21-25-29-33-35-39-42-46-50-54-58-62-73(92)106-68-71-77(96)79(98)83(102)89(110-71)113-86-84(111-75(94)64-60-56-52-48-44-40-36-34-30-26-22-18-14-10-6-2)80(99)81(100)85(112-88-82(101)78(97)76(95)70(65-90)109-88)87(86)114-115(103,104)107-67-69(108-74(93)63-59-55-51-47-43-38-32-28-24-20-16-12-8-4)66-105-72(91)61-57-53-49-45-41-37-31-27-23-19-15-11-7-3/h26,30,69-71,76-90,95-102H,5-25,27-29,31-68H2,1-4H3,(H,103,104)/b30-26-. The van der Waals surface area contributed by atoms with E-state index in [2.05, 4.69) is 39.8 Å². The highest BCUT2D eigenvalue weighted by Crippen LogP contribution is 2.49. The first-order valence-electron chi connectivity index (χ1n) is 46.4. The van der Waals surface area contributed by atoms with Gasteiger partial charge < -0.3 is 88.7 Å². The molecule has 1 saturated carbocycles. The van der Waals surface area contributed by atoms with Crippen LogP contribution in [-0.4, -0.2) is 205 Å². The van der Waals surface area contributed by atoms with Crippen molar-refractivity contribution in [3.05, 3.63) is 12.2 Å². The molecule has 2 saturated heterocycles. The van der Waals surface area contributed by atoms with Gasteiger partial charge in [0.2, 0.25) is 0 Å². The molecule has 26 heteroatoms. The summed E-state index contributed by atoms with van der Waals surface area (Å²) in [6.45, 7) is 5.59. The van der Waals surface area contributed by atoms with Crippen molar-refractivity contribution >= 4 is 31.7 Å². The fourth-order valence-electron chi connectivity index (χ4n) is 15.4. The maximum absolute atomic E-state index is 14.9. The molecule has 676 valence electrons. The lowest BCUT2D eigenvalue weighted by Gasteiger charge is -2.50. The minimum absolute atomic E-state index is 0.0183. The molecule has 0 bridgehead atoms. The normalized spacial score (nSPS) is 25.3. The molecule has 2 heterocycles. The number of aliphatic hydroxyl groups excluding tert-OH is 9. The van der Waals surface area contributed by atoms with Crippen molar-refractivity contribution < 1.29 is 122 Å². The van der Waals surface area contributed by atoms with E-state index >= 15 is 0 Å². The van der Waals surface area contributed by atoms with Crippen molar-refractivity contribution in [3.63, 3.8) is 0 Å². The van der Waals surface area contributed by atoms with E-state index in [-0.39, 0.29) is 25.7 Å². The van der Waals surface area contributed by atoms with Crippen molar-refractivity contribution in [1.29, 1.82) is 0 Å². The highest BCUT2D eigenvalue weighted by molar-refractivity contribution is 7.47. The van der Waals surface area contributed by atoms with Crippen LogP contribution in [0.1, 0.15) is 400 Å². The number of allylic oxidation sites excluding steroid dienone is 2. The molecular formula is C89H165O25P. The molecule has 18 atom stereocenters. The van der Waals surface area contributed by atoms with Crippen molar-refractivity contribution in [2.24, 2.45) is 0 Å². The van der Waals surface area contributed by atoms with Gasteiger partial charge >= 0.3 is 31.7 Å². The van der Waals surface area contributed by atoms with E-state index in [0.717, 1.165) is 141 Å². The molecule has 0 amide bonds. The molecular weight excluding hydrogens is 1500 g/mol. The second-order valence-corrected chi connectivity index (χ2v) is 34.6. The van der Waals surface area contributed by atoms with Gasteiger partial charge in [0.1, 0.15) is 92.6 Å². The number of hydrogen-bond acceptors (Lipinski definition) is 24. The molecule has 115 heavy (non-hydrogen) atoms. The van der Waals surface area contributed by atoms with Crippen molar-refractivity contribution in [2.75, 3.05) is 26.4 Å². The van der Waals surface area contributed by atoms with Crippen LogP contribution in [0.3, 0.4) is 0 Å². The number of carbonyl (C=O) groups excluding carboxylic acids is 4. The minimum Gasteiger partial charge on any atom is -0.463 e. The first-order chi connectivity index (χ1) is 55.7. The summed E-state index contributed by atoms with van der Waals surface area (Å²) in [5.74, 6) is -2.96. The molecule has 0 aromatic rings. The monoisotopic (exact) mass is 1670 g/mol. The Hall–Kier alpha value is -2.79. The maximum atomic E-state index is 14.9. The van der Waals surface area contributed by atoms with E-state index in [0.29, 0.717) is 32.1 Å². The number of unbranched alkanes of at least 4 members (excludes halogenated alkanes) is 49. The second-order valence-electron chi connectivity index (χ2n) is 33.2. The summed E-state index contributed by atoms with van der Waals surface area (Å²) in [5, 5.41) is 102. The molecule has 0 spiro atoms. The average molecular weight is 1670 g/mol. The van der Waals surface area contributed by atoms with Crippen LogP contribution in [0.2, 0.25) is 0 Å². The number of carbonyl (C=O) groups is 4. The number of phosphoric acid groups is 1. The van der Waals surface area contributed by atoms with Gasteiger partial charge in [-0.15, -0.1) is 0 Å². The predicted octanol–water partition coefficient (Wildman–Crippen LogP) is 16.8. The van der Waals surface area contributed by atoms with Crippen molar-refractivity contribution in [3.8, 4) is 0 Å². The Bertz CT molecular complexity index is 2440. The summed E-state index contributed by atoms with van der Waals surface area (Å²) in [6.07, 6.45) is 26.4. The quantitative estimate of drug-likeness (QED) is 0.00889. The molecule has 2 aliphatic heterocycles. The van der Waals surface area contributed by atoms with E-state index < -0.39 is 162 Å². The van der Waals surface area contributed by atoms with E-state index in [1.807, 2.05) is 0 Å². The minimum atomic E-state index is -5.80. The first kappa shape index (κ1) is 106. The number of phosphoric ester groups is 1. The zero-order chi connectivity index (χ0) is 84.0. The number of aliphatic hydroxyl groups is 9. The van der Waals surface area contributed by atoms with Crippen molar-refractivity contribution in [2.45, 2.75) is 504 Å². The Labute approximate surface area is 692 Å². The smallest absolute Gasteiger partial charge is 0.463 e. The third kappa shape index (κ3) is 49.2. The van der Waals surface area contributed by atoms with Gasteiger partial charge in [-0.2, -0.15) is 0 Å². The molecule has 1 aliphatic carbocycles. The highest BCUT2D eigenvalue weighted by Gasteiger charge is 2.60. The molecule has 0 aromatic carbocycles. The Morgan fingerprint density at radius 2 is 0.652 bits per heavy atom. The van der Waals surface area contributed by atoms with E-state index in [1.54, 1.807) is 0 Å². The molecule has 18 unspecified atom stereocenters. The predicted molar refractivity (Wildman–Crippen MR) is 444 cm³/mol. The number of esters is 4. The van der Waals surface area contributed by atoms with Crippen LogP contribution in [0.25, 0.3) is 0 Å². The van der Waals surface area contributed by atoms with Gasteiger partial charge in [0, 0.05) is 25.7 Å². The third-order valence-corrected chi connectivity index (χ3v) is 23.8. The van der Waals surface area contributed by atoms with Crippen LogP contribution >= 0.6 is 7.82 Å². The Kier molecular flexibility index (Phi) is 63.6. The summed E-state index contributed by atoms with van der Waals surface area (Å²) in [5.41, 5.74) is 0. The van der Waals surface area contributed by atoms with E-state index in [9.17, 15) is 74.6 Å². The summed E-state index contributed by atoms with van der Waals surface area (Å²) in [7, 11) is -5.80. The fourth-order valence-corrected chi connectivity index (χ4v) is 16.3. The fraction of sp³-hybridized carbons (Fsp3) is 0.933. The van der Waals surface area contributed by atoms with Gasteiger partial charge in [0.15, 0.2) is 24.8 Å². The summed E-state index contributed by atoms with van der Waals surface area (Å²) in [6, 6.07) is 0. The lowest BCUT2D eigenvalue weighted by Crippen LogP contribution is -2.70. The van der Waals surface area contributed by atoms with Crippen LogP contribution in [-0.2, 0) is 70.7 Å². The zero-order valence-electron chi connectivity index (χ0n) is 71.9. The molecule has 3 rings (SSSR count). The summed E-state index contributed by atoms with van der Waals surface area (Å²) >= 11 is 0. The third-order valence-electron chi connectivity index (χ3n) is 22.8. The highest BCUT2D eigenvalue weighted by atomic mass is 31.2. The van der Waals surface area contributed by atoms with Crippen LogP contribution in [0.4, 0.5) is 0 Å². The van der Waals surface area contributed by atoms with Crippen LogP contribution in [0.5, 0.6) is 0 Å². The topological polar surface area (TPSA) is 380 Å². The Balaban J connectivity index is 1.92. The largest absolute Gasteiger partial charge is 0.472 e. The van der Waals surface area contributed by atoms with Crippen LogP contribution < -0.4 is 0 Å². The molecule has 0 aromatic heterocycles. The van der Waals surface area contributed by atoms with E-state index in [4.69, 9.17) is 46.9 Å². The molecule has 3 aliphatic rings. The average Bonchev–Trinajstić information content (AvgIpc) is 0.753. The lowest BCUT2D eigenvalue weighted by atomic mass is 9.84. The number of hydrogen-bond donors (Lipinski definition) is 10. The van der Waals surface area contributed by atoms with Gasteiger partial charge in [-0.3, -0.25) is 28.2 Å². The van der Waals surface area contributed by atoms with Gasteiger partial charge in [-0.25, -0.2) is 4.57 Å². The molecule has 25 nitrogen and oxygen atoms in total. The number of rotatable bonds is 75. The molecule has 10 N–H and O–H groups in total. The van der Waals surface area contributed by atoms with Gasteiger partial charge in [-0.1, -0.05) is 335 Å². The second kappa shape index (κ2) is 68.7. The van der Waals surface area contributed by atoms with Gasteiger partial charge in [-0.05, 0) is 51.4 Å². The first-order valence-corrected chi connectivity index (χ1v) is 47.9. The summed E-state index contributed by atoms with van der Waals surface area (Å²) in [4.78, 5) is 66.4. The summed E-state index contributed by atoms with van der Waals surface area (Å²) < 4.78 is 73.4. The van der Waals surface area contributed by atoms with Crippen LogP contribution in [0.15, 0.2) is 12.2 Å². The maximum Gasteiger partial charge on any atom is 0.472 e. The van der Waals surface area contributed by atoms with Gasteiger partial charge in [0.25, 0.3) is 0 Å². The lowest BCUT2D eigenvalue weighted by molar-refractivity contribution is -0.360. The Morgan fingerprint density at radius 1 is 0.339 bits per heavy atom. The zero-order valence-corrected chi connectivity index (χ0v) is 72.7. The SMILES string of the molecule is CCCCCC/C=C\CCCCCCCCCC(=O)OC1C(O)C(O)C(OC2OC(CO)C(O)C(O)C2O)C(OP(=O)(O)OCC(COC(=O)CCCCCCCCCCCCCCC)OC(=O)CCCCCCCCCCCCCCC)C1OC1OC(COC(=O)CCCCCCCCCCCCCCCCC)C(O)C(O)C1O. The molecule has 0 radical (unpaired) electrons. The van der Waals surface area contributed by atoms with Crippen molar-refractivity contribution in [1.82, 2.24) is 0 Å². The number of ether oxygens (including phenoxy) is 8. The van der Waals surface area contributed by atoms with Crippen LogP contribution in [0, 0.1) is 0 Å². The molecule has 3 fully saturated rings. The Morgan fingerprint density at radius 3 is 1.04 bits per heavy atom.